The van der Waals surface area contributed by atoms with Gasteiger partial charge in [0, 0.05) is 95.1 Å². The number of nitrogens with one attached hydrogen (secondary N) is 1. The number of piperazine rings is 1. The molecule has 3 aliphatic heterocycles. The number of alkyl halides is 3. The summed E-state index contributed by atoms with van der Waals surface area (Å²) in [5.74, 6) is -1.47. The van der Waals surface area contributed by atoms with Crippen LogP contribution in [0.3, 0.4) is 0 Å². The molecule has 0 radical (unpaired) electrons. The molecular weight excluding hydrogens is 1120 g/mol. The van der Waals surface area contributed by atoms with Gasteiger partial charge in [-0.25, -0.2) is 21.2 Å². The van der Waals surface area contributed by atoms with Gasteiger partial charge in [0.05, 0.1) is 40.7 Å². The molecule has 4 heterocycles. The van der Waals surface area contributed by atoms with E-state index in [9.17, 15) is 39.9 Å². The number of carboxylic acids is 1. The normalized spacial score (nSPS) is 18.4. The van der Waals surface area contributed by atoms with Crippen molar-refractivity contribution < 1.29 is 53.4 Å². The average Bonchev–Trinajstić information content (AvgIpc) is 4.17. The number of carboxylic acid groups (broad SMARTS) is 1. The molecule has 79 heavy (non-hydrogen) atoms. The summed E-state index contributed by atoms with van der Waals surface area (Å²) < 4.78 is 138. The summed E-state index contributed by atoms with van der Waals surface area (Å²) in [6.45, 7) is 9.27. The molecule has 14 nitrogen and oxygen atoms in total. The third-order valence-corrected chi connectivity index (χ3v) is 21.5. The topological polar surface area (TPSA) is 162 Å². The van der Waals surface area contributed by atoms with Crippen LogP contribution in [-0.2, 0) is 33.6 Å². The zero-order valence-electron chi connectivity index (χ0n) is 44.0. The highest BCUT2D eigenvalue weighted by Gasteiger charge is 2.50. The van der Waals surface area contributed by atoms with E-state index in [1.807, 2.05) is 84.0 Å². The first-order valence-corrected chi connectivity index (χ1v) is 32.2. The molecular formula is C56H62ClF4N6O8PS3. The van der Waals surface area contributed by atoms with Gasteiger partial charge in [0.2, 0.25) is 0 Å². The molecule has 1 unspecified atom stereocenters. The van der Waals surface area contributed by atoms with Gasteiger partial charge >= 0.3 is 19.0 Å². The summed E-state index contributed by atoms with van der Waals surface area (Å²) in [7, 11) is -14.0. The van der Waals surface area contributed by atoms with Gasteiger partial charge in [-0.3, -0.25) is 14.0 Å². The van der Waals surface area contributed by atoms with Crippen molar-refractivity contribution >= 4 is 84.6 Å². The Hall–Kier alpha value is -5.54. The van der Waals surface area contributed by atoms with Crippen LogP contribution in [0.5, 0.6) is 0 Å². The number of likely N-dealkylation sites (tertiary alicyclic amines) is 1. The Labute approximate surface area is 468 Å². The standard InChI is InChI=1S/C56H62ClF4N6O8PS3/c1-37(2)67-38(3)54(78(4,71)72)52(53(67)39-10-12-42(57)13-11-39)41-32-43(58)34-47(33-41)65-28-26-64(27-29-65)45-14-16-46(17-15-45)66-30-31-75-76(66,70)48-18-19-50(51(35-48)79(73,74)56(59,60)61)62-44(36-77-49-8-6-5-7-9-49)22-25-63-23-20-40(21-24-63)55(68)69/h5-19,32-35,37,40,44,62H,20-31,36H2,1-4H3,(H,68,69)/t44?,76-/m1/s1. The van der Waals surface area contributed by atoms with Gasteiger partial charge in [-0.2, -0.15) is 13.2 Å². The Morgan fingerprint density at radius 3 is 2.06 bits per heavy atom. The Bertz CT molecular complexity index is 3470. The summed E-state index contributed by atoms with van der Waals surface area (Å²) in [4.78, 5) is 17.8. The molecule has 3 saturated heterocycles. The van der Waals surface area contributed by atoms with Gasteiger partial charge in [0.1, 0.15) is 10.7 Å². The lowest BCUT2D eigenvalue weighted by Gasteiger charge is -2.37. The molecule has 2 atom stereocenters. The number of aromatic nitrogens is 1. The number of rotatable bonds is 18. The summed E-state index contributed by atoms with van der Waals surface area (Å²) in [6.07, 6.45) is 2.49. The maximum Gasteiger partial charge on any atom is 0.501 e. The number of thioether (sulfide) groups is 1. The summed E-state index contributed by atoms with van der Waals surface area (Å²) >= 11 is 7.72. The number of benzene rings is 5. The van der Waals surface area contributed by atoms with Gasteiger partial charge in [-0.05, 0) is 149 Å². The summed E-state index contributed by atoms with van der Waals surface area (Å²) in [5, 5.41) is 12.9. The minimum Gasteiger partial charge on any atom is -0.481 e. The summed E-state index contributed by atoms with van der Waals surface area (Å²) in [5.41, 5.74) is -1.44. The van der Waals surface area contributed by atoms with E-state index < -0.39 is 61.3 Å². The first-order chi connectivity index (χ1) is 37.4. The molecule has 2 N–H and O–H groups in total. The third-order valence-electron chi connectivity index (χ3n) is 14.8. The average molecular weight is 1190 g/mol. The number of sulfone groups is 2. The highest BCUT2D eigenvalue weighted by atomic mass is 35.5. The monoisotopic (exact) mass is 1180 g/mol. The van der Waals surface area contributed by atoms with Crippen LogP contribution in [-0.4, -0.2) is 120 Å². The first kappa shape index (κ1) is 58.1. The van der Waals surface area contributed by atoms with Crippen LogP contribution in [0.2, 0.25) is 5.02 Å². The SMILES string of the molecule is Cc1c(S(C)(=O)=O)c(-c2cc(F)cc(N3CCN(c4ccc(N5CCO[P@]5(=O)c5ccc(NC(CCN6CCC(C(=O)O)CC6)CSc6ccccc6)c(S(=O)(=O)C(F)(F)F)c5)cc4)CC3)c2)c(-c2ccc(Cl)cc2)n1C(C)C. The van der Waals surface area contributed by atoms with E-state index in [0.717, 1.165) is 28.5 Å². The van der Waals surface area contributed by atoms with E-state index in [4.69, 9.17) is 16.1 Å². The lowest BCUT2D eigenvalue weighted by atomic mass is 9.97. The van der Waals surface area contributed by atoms with E-state index >= 15 is 8.96 Å². The van der Waals surface area contributed by atoms with Crippen LogP contribution in [0, 0.1) is 18.7 Å². The quantitative estimate of drug-likeness (QED) is 0.0475. The molecule has 3 aliphatic rings. The maximum atomic E-state index is 15.9. The van der Waals surface area contributed by atoms with Gasteiger partial charge in [0.25, 0.3) is 9.84 Å². The van der Waals surface area contributed by atoms with Crippen molar-refractivity contribution in [3.8, 4) is 22.4 Å². The Morgan fingerprint density at radius 2 is 1.46 bits per heavy atom. The Kier molecular flexibility index (Phi) is 17.3. The second kappa shape index (κ2) is 23.5. The number of anilines is 4. The molecule has 0 bridgehead atoms. The van der Waals surface area contributed by atoms with Crippen LogP contribution < -0.4 is 25.1 Å². The smallest absolute Gasteiger partial charge is 0.481 e. The predicted molar refractivity (Wildman–Crippen MR) is 306 cm³/mol. The third kappa shape index (κ3) is 12.5. The van der Waals surface area contributed by atoms with Crippen molar-refractivity contribution in [1.29, 1.82) is 0 Å². The highest BCUT2D eigenvalue weighted by Crippen LogP contribution is 2.56. The van der Waals surface area contributed by atoms with Crippen LogP contribution in [0.4, 0.5) is 40.3 Å². The number of hydrogen-bond acceptors (Lipinski definition) is 12. The van der Waals surface area contributed by atoms with Crippen LogP contribution in [0.1, 0.15) is 44.8 Å². The fraction of sp³-hybridized carbons (Fsp3) is 0.375. The van der Waals surface area contributed by atoms with Crippen molar-refractivity contribution in [2.75, 3.05) is 90.8 Å². The van der Waals surface area contributed by atoms with E-state index in [0.29, 0.717) is 110 Å². The zero-order chi connectivity index (χ0) is 56.6. The first-order valence-electron chi connectivity index (χ1n) is 25.9. The number of aliphatic carboxylic acids is 1. The van der Waals surface area contributed by atoms with Crippen LogP contribution >= 0.6 is 30.9 Å². The lowest BCUT2D eigenvalue weighted by molar-refractivity contribution is -0.143. The highest BCUT2D eigenvalue weighted by molar-refractivity contribution is 7.99. The van der Waals surface area contributed by atoms with E-state index in [2.05, 4.69) is 15.1 Å². The number of nitrogens with zero attached hydrogens (tertiary/aromatic N) is 5. The van der Waals surface area contributed by atoms with Gasteiger partial charge < -0.3 is 34.2 Å². The van der Waals surface area contributed by atoms with Gasteiger partial charge in [-0.1, -0.05) is 41.9 Å². The molecule has 9 rings (SSSR count). The maximum absolute atomic E-state index is 15.9. The molecule has 0 spiro atoms. The fourth-order valence-corrected chi connectivity index (χ4v) is 16.5. The second-order valence-electron chi connectivity index (χ2n) is 20.4. The van der Waals surface area contributed by atoms with Crippen LogP contribution in [0.15, 0.2) is 130 Å². The molecule has 1 aromatic heterocycles. The van der Waals surface area contributed by atoms with Crippen LogP contribution in [0.25, 0.3) is 22.4 Å². The largest absolute Gasteiger partial charge is 0.501 e. The molecule has 0 amide bonds. The van der Waals surface area contributed by atoms with E-state index in [1.54, 1.807) is 31.2 Å². The Morgan fingerprint density at radius 1 is 0.823 bits per heavy atom. The number of piperidine rings is 1. The number of hydrogen-bond donors (Lipinski definition) is 2. The van der Waals surface area contributed by atoms with Crippen molar-refractivity contribution in [3.05, 3.63) is 132 Å². The molecule has 23 heteroatoms. The second-order valence-corrected chi connectivity index (χ2v) is 28.1. The number of halogens is 5. The molecule has 0 aliphatic carbocycles. The molecule has 3 fully saturated rings. The fourth-order valence-electron chi connectivity index (χ4n) is 10.9. The van der Waals surface area contributed by atoms with Crippen molar-refractivity contribution in [1.82, 2.24) is 9.47 Å². The molecule has 422 valence electrons. The van der Waals surface area contributed by atoms with Gasteiger partial charge in [-0.15, -0.1) is 11.8 Å². The lowest BCUT2D eigenvalue weighted by Crippen LogP contribution is -2.46. The zero-order valence-corrected chi connectivity index (χ0v) is 48.1. The molecule has 5 aromatic carbocycles. The predicted octanol–water partition coefficient (Wildman–Crippen LogP) is 11.6. The minimum atomic E-state index is -6.00. The van der Waals surface area contributed by atoms with E-state index in [1.165, 1.54) is 40.7 Å². The molecule has 6 aromatic rings. The summed E-state index contributed by atoms with van der Waals surface area (Å²) in [6, 6.07) is 30.9. The van der Waals surface area contributed by atoms with Gasteiger partial charge in [0.15, 0.2) is 9.84 Å². The number of carbonyl (C=O) groups is 1. The van der Waals surface area contributed by atoms with E-state index in [-0.39, 0.29) is 35.1 Å². The van der Waals surface area contributed by atoms with Crippen molar-refractivity contribution in [2.24, 2.45) is 5.92 Å². The molecule has 0 saturated carbocycles. The van der Waals surface area contributed by atoms with Crippen molar-refractivity contribution in [2.45, 2.75) is 72.3 Å². The minimum absolute atomic E-state index is 0.0478. The Balaban J connectivity index is 0.934. The van der Waals surface area contributed by atoms with Crippen molar-refractivity contribution in [3.63, 3.8) is 0 Å².